The number of H-pyrrole nitrogens is 1. The summed E-state index contributed by atoms with van der Waals surface area (Å²) in [5.41, 5.74) is 1.66. The van der Waals surface area contributed by atoms with Crippen LogP contribution in [0.2, 0.25) is 5.02 Å². The van der Waals surface area contributed by atoms with Crippen LogP contribution in [0.15, 0.2) is 59.9 Å². The molecule has 0 aliphatic carbocycles. The molecule has 0 amide bonds. The van der Waals surface area contributed by atoms with E-state index in [0.717, 1.165) is 0 Å². The molecule has 0 aliphatic heterocycles. The van der Waals surface area contributed by atoms with Crippen molar-refractivity contribution in [1.82, 2.24) is 29.5 Å². The quantitative estimate of drug-likeness (QED) is 0.442. The lowest BCUT2D eigenvalue weighted by Gasteiger charge is -2.20. The Morgan fingerprint density at radius 3 is 2.87 bits per heavy atom. The Kier molecular flexibility index (Phi) is 4.59. The third-order valence-corrected chi connectivity index (χ3v) is 5.12. The van der Waals surface area contributed by atoms with Crippen LogP contribution in [0.5, 0.6) is 0 Å². The molecule has 31 heavy (non-hydrogen) atoms. The third kappa shape index (κ3) is 3.38. The first-order chi connectivity index (χ1) is 15.0. The molecule has 0 fully saturated rings. The Balaban J connectivity index is 1.71. The van der Waals surface area contributed by atoms with E-state index in [4.69, 9.17) is 11.6 Å². The van der Waals surface area contributed by atoms with E-state index in [-0.39, 0.29) is 5.39 Å². The van der Waals surface area contributed by atoms with Gasteiger partial charge in [-0.3, -0.25) is 9.36 Å². The zero-order chi connectivity index (χ0) is 21.5. The van der Waals surface area contributed by atoms with Crippen molar-refractivity contribution in [1.29, 1.82) is 0 Å². The van der Waals surface area contributed by atoms with Crippen molar-refractivity contribution >= 4 is 39.5 Å². The SMILES string of the molecule is CC(Nc1ncnc2[nH]cnc12)c1nc2ccc(F)cc2c(=O)n1-c1cccc(Cl)c1. The van der Waals surface area contributed by atoms with Gasteiger partial charge in [0, 0.05) is 5.02 Å². The highest BCUT2D eigenvalue weighted by Crippen LogP contribution is 2.24. The number of nitrogens with zero attached hydrogens (tertiary/aromatic N) is 5. The molecule has 3 heterocycles. The van der Waals surface area contributed by atoms with Gasteiger partial charge in [0.25, 0.3) is 5.56 Å². The van der Waals surface area contributed by atoms with E-state index in [9.17, 15) is 9.18 Å². The Morgan fingerprint density at radius 2 is 2.03 bits per heavy atom. The summed E-state index contributed by atoms with van der Waals surface area (Å²) in [6.07, 6.45) is 2.94. The number of hydrogen-bond acceptors (Lipinski definition) is 6. The number of fused-ring (bicyclic) bond motifs is 2. The van der Waals surface area contributed by atoms with E-state index in [1.54, 1.807) is 24.3 Å². The fourth-order valence-corrected chi connectivity index (χ4v) is 3.65. The highest BCUT2D eigenvalue weighted by molar-refractivity contribution is 6.30. The topological polar surface area (TPSA) is 101 Å². The van der Waals surface area contributed by atoms with Crippen molar-refractivity contribution < 1.29 is 4.39 Å². The van der Waals surface area contributed by atoms with Crippen LogP contribution in [0.4, 0.5) is 10.2 Å². The predicted molar refractivity (Wildman–Crippen MR) is 116 cm³/mol. The maximum Gasteiger partial charge on any atom is 0.266 e. The number of aromatic amines is 1. The molecule has 154 valence electrons. The van der Waals surface area contributed by atoms with E-state index in [2.05, 4.69) is 30.2 Å². The Labute approximate surface area is 179 Å². The lowest BCUT2D eigenvalue weighted by Crippen LogP contribution is -2.27. The average Bonchev–Trinajstić information content (AvgIpc) is 3.24. The van der Waals surface area contributed by atoms with Crippen LogP contribution in [0, 0.1) is 5.82 Å². The van der Waals surface area contributed by atoms with E-state index >= 15 is 0 Å². The second-order valence-electron chi connectivity index (χ2n) is 6.94. The molecule has 0 saturated heterocycles. The van der Waals surface area contributed by atoms with Crippen LogP contribution >= 0.6 is 11.6 Å². The van der Waals surface area contributed by atoms with Gasteiger partial charge in [-0.15, -0.1) is 0 Å². The number of rotatable bonds is 4. The number of halogens is 2. The second-order valence-corrected chi connectivity index (χ2v) is 7.38. The molecule has 0 radical (unpaired) electrons. The number of aromatic nitrogens is 6. The highest BCUT2D eigenvalue weighted by atomic mass is 35.5. The molecular formula is C21H15ClFN7O. The summed E-state index contributed by atoms with van der Waals surface area (Å²) in [4.78, 5) is 33.6. The van der Waals surface area contributed by atoms with Gasteiger partial charge in [-0.1, -0.05) is 17.7 Å². The second kappa shape index (κ2) is 7.44. The summed E-state index contributed by atoms with van der Waals surface area (Å²) in [5, 5.41) is 3.89. The largest absolute Gasteiger partial charge is 0.358 e. The molecule has 2 N–H and O–H groups in total. The molecule has 0 spiro atoms. The first-order valence-electron chi connectivity index (χ1n) is 9.40. The summed E-state index contributed by atoms with van der Waals surface area (Å²) in [5.74, 6) is 0.392. The monoisotopic (exact) mass is 435 g/mol. The van der Waals surface area contributed by atoms with Gasteiger partial charge in [0.15, 0.2) is 11.5 Å². The zero-order valence-corrected chi connectivity index (χ0v) is 16.9. The van der Waals surface area contributed by atoms with E-state index < -0.39 is 17.4 Å². The lowest BCUT2D eigenvalue weighted by molar-refractivity contribution is 0.629. The number of nitrogens with one attached hydrogen (secondary N) is 2. The van der Waals surface area contributed by atoms with Crippen LogP contribution in [0.1, 0.15) is 18.8 Å². The molecule has 1 atom stereocenters. The summed E-state index contributed by atoms with van der Waals surface area (Å²) in [7, 11) is 0. The van der Waals surface area contributed by atoms with Crippen molar-refractivity contribution in [3.05, 3.63) is 82.1 Å². The molecule has 5 aromatic rings. The van der Waals surface area contributed by atoms with Crippen LogP contribution in [0.3, 0.4) is 0 Å². The third-order valence-electron chi connectivity index (χ3n) is 4.88. The van der Waals surface area contributed by atoms with Crippen molar-refractivity contribution in [3.63, 3.8) is 0 Å². The van der Waals surface area contributed by atoms with E-state index in [1.165, 1.54) is 35.4 Å². The van der Waals surface area contributed by atoms with Crippen molar-refractivity contribution in [3.8, 4) is 5.69 Å². The molecule has 0 saturated carbocycles. The summed E-state index contributed by atoms with van der Waals surface area (Å²) in [6, 6.07) is 10.3. The van der Waals surface area contributed by atoms with Gasteiger partial charge < -0.3 is 10.3 Å². The zero-order valence-electron chi connectivity index (χ0n) is 16.2. The van der Waals surface area contributed by atoms with Crippen LogP contribution in [-0.2, 0) is 0 Å². The number of hydrogen-bond donors (Lipinski definition) is 2. The normalized spacial score (nSPS) is 12.4. The van der Waals surface area contributed by atoms with Crippen LogP contribution in [0.25, 0.3) is 27.8 Å². The van der Waals surface area contributed by atoms with Crippen molar-refractivity contribution in [2.45, 2.75) is 13.0 Å². The van der Waals surface area contributed by atoms with Crippen molar-refractivity contribution in [2.24, 2.45) is 0 Å². The van der Waals surface area contributed by atoms with Gasteiger partial charge in [-0.25, -0.2) is 24.3 Å². The Bertz CT molecular complexity index is 1500. The van der Waals surface area contributed by atoms with Gasteiger partial charge >= 0.3 is 0 Å². The van der Waals surface area contributed by atoms with Crippen LogP contribution in [-0.4, -0.2) is 29.5 Å². The minimum Gasteiger partial charge on any atom is -0.358 e. The maximum absolute atomic E-state index is 13.8. The van der Waals surface area contributed by atoms with E-state index in [0.29, 0.717) is 39.0 Å². The average molecular weight is 436 g/mol. The molecule has 3 aromatic heterocycles. The number of imidazole rings is 1. The fourth-order valence-electron chi connectivity index (χ4n) is 3.47. The highest BCUT2D eigenvalue weighted by Gasteiger charge is 2.20. The van der Waals surface area contributed by atoms with Crippen molar-refractivity contribution in [2.75, 3.05) is 5.32 Å². The van der Waals surface area contributed by atoms with Gasteiger partial charge in [0.2, 0.25) is 0 Å². The van der Waals surface area contributed by atoms with Gasteiger partial charge in [0.05, 0.1) is 29.0 Å². The Morgan fingerprint density at radius 1 is 1.16 bits per heavy atom. The molecule has 1 unspecified atom stereocenters. The number of benzene rings is 2. The van der Waals surface area contributed by atoms with Gasteiger partial charge in [-0.05, 0) is 43.3 Å². The first kappa shape index (κ1) is 19.1. The summed E-state index contributed by atoms with van der Waals surface area (Å²) >= 11 is 6.17. The molecule has 5 rings (SSSR count). The minimum atomic E-state index is -0.509. The lowest BCUT2D eigenvalue weighted by atomic mass is 10.2. The standard InChI is InChI=1S/C21H15ClFN7O/c1-11(28-19-17-18(25-9-24-17)26-10-27-19)20-29-16-6-5-13(23)8-15(16)21(31)30(20)14-4-2-3-12(22)7-14/h2-11H,1H3,(H2,24,25,26,27,28). The summed E-state index contributed by atoms with van der Waals surface area (Å²) in [6.45, 7) is 1.85. The smallest absolute Gasteiger partial charge is 0.266 e. The van der Waals surface area contributed by atoms with Gasteiger partial charge in [0.1, 0.15) is 23.5 Å². The molecule has 8 nitrogen and oxygen atoms in total. The summed E-state index contributed by atoms with van der Waals surface area (Å²) < 4.78 is 15.3. The van der Waals surface area contributed by atoms with Crippen LogP contribution < -0.4 is 10.9 Å². The number of anilines is 1. The predicted octanol–water partition coefficient (Wildman–Crippen LogP) is 4.02. The first-order valence-corrected chi connectivity index (χ1v) is 9.78. The Hall–Kier alpha value is -3.85. The molecule has 2 aromatic carbocycles. The molecule has 10 heteroatoms. The van der Waals surface area contributed by atoms with E-state index in [1.807, 2.05) is 6.92 Å². The fraction of sp³-hybridized carbons (Fsp3) is 0.0952. The molecule has 0 aliphatic rings. The van der Waals surface area contributed by atoms with Gasteiger partial charge in [-0.2, -0.15) is 0 Å². The molecule has 0 bridgehead atoms. The maximum atomic E-state index is 13.8. The molecular weight excluding hydrogens is 421 g/mol. The minimum absolute atomic E-state index is 0.174.